The molecule has 1 amide bonds. The highest BCUT2D eigenvalue weighted by Gasteiger charge is 2.34. The van der Waals surface area contributed by atoms with Crippen molar-refractivity contribution in [3.63, 3.8) is 0 Å². The first-order valence-corrected chi connectivity index (χ1v) is 8.31. The Bertz CT molecular complexity index is 738. The van der Waals surface area contributed by atoms with Gasteiger partial charge < -0.3 is 10.6 Å². The van der Waals surface area contributed by atoms with Crippen LogP contribution in [0.2, 0.25) is 0 Å². The second kappa shape index (κ2) is 6.36. The van der Waals surface area contributed by atoms with Gasteiger partial charge in [0.2, 0.25) is 5.91 Å². The average molecular weight is 330 g/mol. The van der Waals surface area contributed by atoms with Gasteiger partial charge in [0.05, 0.1) is 29.3 Å². The standard InChI is InChI=1S/C18H23FN4O/c1-11(2)17(20)18(24)22-12(3)4-9-15-16(22)10-21-23(15)14-7-5-13(19)6-8-14/h5-8,10-12,17H,4,9,20H2,1-3H3/t12?,17-/m1/s1. The van der Waals surface area contributed by atoms with Gasteiger partial charge in [0.1, 0.15) is 5.82 Å². The zero-order chi connectivity index (χ0) is 17.4. The summed E-state index contributed by atoms with van der Waals surface area (Å²) < 4.78 is 14.9. The van der Waals surface area contributed by atoms with E-state index in [0.29, 0.717) is 0 Å². The molecule has 6 heteroatoms. The topological polar surface area (TPSA) is 64.2 Å². The molecular formula is C18H23FN4O. The molecule has 5 nitrogen and oxygen atoms in total. The first-order chi connectivity index (χ1) is 11.4. The van der Waals surface area contributed by atoms with Gasteiger partial charge in [0.25, 0.3) is 0 Å². The second-order valence-corrected chi connectivity index (χ2v) is 6.73. The number of rotatable bonds is 3. The van der Waals surface area contributed by atoms with Crippen molar-refractivity contribution < 1.29 is 9.18 Å². The van der Waals surface area contributed by atoms with Crippen molar-refractivity contribution in [1.82, 2.24) is 9.78 Å². The maximum atomic E-state index is 13.2. The number of nitrogens with zero attached hydrogens (tertiary/aromatic N) is 3. The van der Waals surface area contributed by atoms with Crippen molar-refractivity contribution in [1.29, 1.82) is 0 Å². The van der Waals surface area contributed by atoms with E-state index in [9.17, 15) is 9.18 Å². The molecule has 1 unspecified atom stereocenters. The van der Waals surface area contributed by atoms with Gasteiger partial charge in [-0.2, -0.15) is 5.10 Å². The Balaban J connectivity index is 2.00. The molecule has 2 N–H and O–H groups in total. The Labute approximate surface area is 141 Å². The third-order valence-electron chi connectivity index (χ3n) is 4.66. The summed E-state index contributed by atoms with van der Waals surface area (Å²) >= 11 is 0. The number of anilines is 1. The zero-order valence-electron chi connectivity index (χ0n) is 14.2. The minimum atomic E-state index is -0.535. The van der Waals surface area contributed by atoms with Crippen molar-refractivity contribution in [2.75, 3.05) is 4.90 Å². The van der Waals surface area contributed by atoms with Crippen molar-refractivity contribution >= 4 is 11.6 Å². The van der Waals surface area contributed by atoms with E-state index in [1.165, 1.54) is 12.1 Å². The first kappa shape index (κ1) is 16.6. The highest BCUT2D eigenvalue weighted by Crippen LogP contribution is 2.33. The van der Waals surface area contributed by atoms with Gasteiger partial charge in [-0.25, -0.2) is 9.07 Å². The number of aromatic nitrogens is 2. The van der Waals surface area contributed by atoms with E-state index < -0.39 is 6.04 Å². The molecule has 128 valence electrons. The molecule has 1 aromatic carbocycles. The van der Waals surface area contributed by atoms with E-state index in [1.54, 1.807) is 27.9 Å². The number of benzene rings is 1. The largest absolute Gasteiger partial charge is 0.320 e. The summed E-state index contributed by atoms with van der Waals surface area (Å²) in [5.41, 5.74) is 8.64. The average Bonchev–Trinajstić information content (AvgIpc) is 2.98. The molecule has 1 aromatic heterocycles. The number of fused-ring (bicyclic) bond motifs is 1. The number of hydrogen-bond acceptors (Lipinski definition) is 3. The van der Waals surface area contributed by atoms with Crippen LogP contribution >= 0.6 is 0 Å². The Morgan fingerprint density at radius 3 is 2.62 bits per heavy atom. The van der Waals surface area contributed by atoms with Crippen LogP contribution in [0.15, 0.2) is 30.5 Å². The molecule has 2 aromatic rings. The first-order valence-electron chi connectivity index (χ1n) is 8.31. The van der Waals surface area contributed by atoms with E-state index in [4.69, 9.17) is 5.73 Å². The molecule has 0 radical (unpaired) electrons. The van der Waals surface area contributed by atoms with Gasteiger partial charge in [-0.05, 0) is 49.9 Å². The molecule has 2 heterocycles. The number of halogens is 1. The Morgan fingerprint density at radius 1 is 1.33 bits per heavy atom. The van der Waals surface area contributed by atoms with Crippen LogP contribution in [0.1, 0.15) is 32.9 Å². The maximum absolute atomic E-state index is 13.2. The number of amides is 1. The summed E-state index contributed by atoms with van der Waals surface area (Å²) in [5, 5.41) is 4.43. The van der Waals surface area contributed by atoms with Gasteiger partial charge in [0.15, 0.2) is 0 Å². The van der Waals surface area contributed by atoms with E-state index >= 15 is 0 Å². The third-order valence-corrected chi connectivity index (χ3v) is 4.66. The molecular weight excluding hydrogens is 307 g/mol. The lowest BCUT2D eigenvalue weighted by Crippen LogP contribution is -2.51. The third kappa shape index (κ3) is 2.82. The second-order valence-electron chi connectivity index (χ2n) is 6.73. The van der Waals surface area contributed by atoms with Crippen molar-refractivity contribution in [2.45, 2.75) is 45.7 Å². The molecule has 0 fully saturated rings. The van der Waals surface area contributed by atoms with Crippen LogP contribution in [-0.4, -0.2) is 27.8 Å². The summed E-state index contributed by atoms with van der Waals surface area (Å²) in [7, 11) is 0. The molecule has 0 saturated heterocycles. The fraction of sp³-hybridized carbons (Fsp3) is 0.444. The van der Waals surface area contributed by atoms with Crippen LogP contribution < -0.4 is 10.6 Å². The highest BCUT2D eigenvalue weighted by molar-refractivity contribution is 5.98. The molecule has 0 bridgehead atoms. The number of carbonyl (C=O) groups excluding carboxylic acids is 1. The predicted octanol–water partition coefficient (Wildman–Crippen LogP) is 2.66. The molecule has 0 aliphatic carbocycles. The van der Waals surface area contributed by atoms with Crippen LogP contribution in [0.5, 0.6) is 0 Å². The van der Waals surface area contributed by atoms with Crippen molar-refractivity contribution in [3.8, 4) is 5.69 Å². The number of nitrogens with two attached hydrogens (primary N) is 1. The van der Waals surface area contributed by atoms with Crippen LogP contribution in [0.3, 0.4) is 0 Å². The smallest absolute Gasteiger partial charge is 0.244 e. The summed E-state index contributed by atoms with van der Waals surface area (Å²) in [4.78, 5) is 14.6. The quantitative estimate of drug-likeness (QED) is 0.941. The molecule has 1 aliphatic rings. The van der Waals surface area contributed by atoms with E-state index in [0.717, 1.165) is 29.9 Å². The van der Waals surface area contributed by atoms with Crippen molar-refractivity contribution in [2.24, 2.45) is 11.7 Å². The molecule has 1 aliphatic heterocycles. The summed E-state index contributed by atoms with van der Waals surface area (Å²) in [6.07, 6.45) is 3.37. The lowest BCUT2D eigenvalue weighted by molar-refractivity contribution is -0.121. The molecule has 2 atom stereocenters. The molecule has 0 spiro atoms. The van der Waals surface area contributed by atoms with Crippen LogP contribution in [0.25, 0.3) is 5.69 Å². The van der Waals surface area contributed by atoms with E-state index in [1.807, 2.05) is 20.8 Å². The van der Waals surface area contributed by atoms with Crippen LogP contribution in [0, 0.1) is 11.7 Å². The van der Waals surface area contributed by atoms with Gasteiger partial charge in [-0.1, -0.05) is 13.8 Å². The predicted molar refractivity (Wildman–Crippen MR) is 91.6 cm³/mol. The number of carbonyl (C=O) groups is 1. The lowest BCUT2D eigenvalue weighted by Gasteiger charge is -2.35. The van der Waals surface area contributed by atoms with E-state index in [-0.39, 0.29) is 23.7 Å². The normalized spacial score (nSPS) is 18.6. The minimum Gasteiger partial charge on any atom is -0.320 e. The summed E-state index contributed by atoms with van der Waals surface area (Å²) in [6, 6.07) is 5.74. The van der Waals surface area contributed by atoms with Crippen molar-refractivity contribution in [3.05, 3.63) is 42.0 Å². The SMILES string of the molecule is CC(C)[C@@H](N)C(=O)N1c2cnn(-c3ccc(F)cc3)c2CCC1C. The fourth-order valence-electron chi connectivity index (χ4n) is 3.10. The minimum absolute atomic E-state index is 0.0715. The van der Waals surface area contributed by atoms with E-state index in [2.05, 4.69) is 5.10 Å². The Morgan fingerprint density at radius 2 is 2.00 bits per heavy atom. The summed E-state index contributed by atoms with van der Waals surface area (Å²) in [6.45, 7) is 5.92. The van der Waals surface area contributed by atoms with Gasteiger partial charge >= 0.3 is 0 Å². The zero-order valence-corrected chi connectivity index (χ0v) is 14.2. The monoisotopic (exact) mass is 330 g/mol. The van der Waals surface area contributed by atoms with Crippen LogP contribution in [0.4, 0.5) is 10.1 Å². The maximum Gasteiger partial charge on any atom is 0.244 e. The fourth-order valence-corrected chi connectivity index (χ4v) is 3.10. The molecule has 3 rings (SSSR count). The Hall–Kier alpha value is -2.21. The lowest BCUT2D eigenvalue weighted by atomic mass is 9.98. The Kier molecular flexibility index (Phi) is 4.41. The van der Waals surface area contributed by atoms with Crippen LogP contribution in [-0.2, 0) is 11.2 Å². The highest BCUT2D eigenvalue weighted by atomic mass is 19.1. The summed E-state index contributed by atoms with van der Waals surface area (Å²) in [5.74, 6) is -0.285. The molecule has 24 heavy (non-hydrogen) atoms. The van der Waals surface area contributed by atoms with Gasteiger partial charge in [0, 0.05) is 6.04 Å². The van der Waals surface area contributed by atoms with Gasteiger partial charge in [-0.3, -0.25) is 4.79 Å². The number of hydrogen-bond donors (Lipinski definition) is 1. The van der Waals surface area contributed by atoms with Gasteiger partial charge in [-0.15, -0.1) is 0 Å². The molecule has 0 saturated carbocycles.